The average Bonchev–Trinajstić information content (AvgIpc) is 3.07. The predicted octanol–water partition coefficient (Wildman–Crippen LogP) is 4.64. The van der Waals surface area contributed by atoms with Crippen LogP contribution in [0.1, 0.15) is 22.6 Å². The van der Waals surface area contributed by atoms with E-state index in [2.05, 4.69) is 5.32 Å². The molecule has 8 heteroatoms. The average molecular weight is 441 g/mol. The van der Waals surface area contributed by atoms with Gasteiger partial charge in [0.15, 0.2) is 0 Å². The van der Waals surface area contributed by atoms with Gasteiger partial charge in [0.25, 0.3) is 0 Å². The number of rotatable bonds is 6. The van der Waals surface area contributed by atoms with Gasteiger partial charge in [-0.25, -0.2) is 22.8 Å². The third-order valence-corrected chi connectivity index (χ3v) is 5.45. The molecule has 2 N–H and O–H groups in total. The van der Waals surface area contributed by atoms with Gasteiger partial charge in [0.05, 0.1) is 0 Å². The molecular weight excluding hydrogens is 423 g/mol. The standard InChI is InChI=1S/C24H18F3NO4/c25-13-9-20(26)18(21(27)10-13)11-22(23(29)30)28-24(31)32-12-19-16-7-3-1-5-14(16)15-6-2-4-8-17(15)19/h1-10,19,22H,11-12H2,(H,28,31)(H,29,30)/t22-/m1/s1. The van der Waals surface area contributed by atoms with Crippen LogP contribution in [0.4, 0.5) is 18.0 Å². The Bertz CT molecular complexity index is 1130. The number of hydrogen-bond donors (Lipinski definition) is 2. The zero-order valence-electron chi connectivity index (χ0n) is 16.6. The van der Waals surface area contributed by atoms with Crippen molar-refractivity contribution in [2.75, 3.05) is 6.61 Å². The SMILES string of the molecule is O=C(N[C@H](Cc1c(F)cc(F)cc1F)C(=O)O)OCC1c2ccccc2-c2ccccc21. The van der Waals surface area contributed by atoms with Gasteiger partial charge < -0.3 is 15.2 Å². The van der Waals surface area contributed by atoms with E-state index >= 15 is 0 Å². The lowest BCUT2D eigenvalue weighted by Gasteiger charge is -2.18. The second kappa shape index (κ2) is 8.74. The summed E-state index contributed by atoms with van der Waals surface area (Å²) in [6.45, 7) is -0.0501. The fourth-order valence-electron chi connectivity index (χ4n) is 3.95. The molecular formula is C24H18F3NO4. The quantitative estimate of drug-likeness (QED) is 0.585. The third-order valence-electron chi connectivity index (χ3n) is 5.45. The molecule has 3 aromatic carbocycles. The number of carbonyl (C=O) groups excluding carboxylic acids is 1. The molecule has 0 aromatic heterocycles. The van der Waals surface area contributed by atoms with Crippen LogP contribution in [0, 0.1) is 17.5 Å². The Balaban J connectivity index is 1.46. The Kier molecular flexibility index (Phi) is 5.85. The van der Waals surface area contributed by atoms with Gasteiger partial charge in [0.1, 0.15) is 30.1 Å². The second-order valence-electron chi connectivity index (χ2n) is 7.41. The van der Waals surface area contributed by atoms with E-state index in [4.69, 9.17) is 4.74 Å². The summed E-state index contributed by atoms with van der Waals surface area (Å²) < 4.78 is 46.1. The lowest BCUT2D eigenvalue weighted by molar-refractivity contribution is -0.139. The molecule has 0 spiro atoms. The maximum Gasteiger partial charge on any atom is 0.407 e. The molecule has 0 bridgehead atoms. The first-order valence-corrected chi connectivity index (χ1v) is 9.83. The van der Waals surface area contributed by atoms with Crippen LogP contribution < -0.4 is 5.32 Å². The molecule has 164 valence electrons. The molecule has 0 radical (unpaired) electrons. The van der Waals surface area contributed by atoms with Gasteiger partial charge in [-0.3, -0.25) is 0 Å². The van der Waals surface area contributed by atoms with E-state index < -0.39 is 47.5 Å². The number of carboxylic acids is 1. The second-order valence-corrected chi connectivity index (χ2v) is 7.41. The lowest BCUT2D eigenvalue weighted by atomic mass is 9.98. The van der Waals surface area contributed by atoms with Crippen LogP contribution in [0.5, 0.6) is 0 Å². The van der Waals surface area contributed by atoms with E-state index in [-0.39, 0.29) is 12.5 Å². The number of carboxylic acid groups (broad SMARTS) is 1. The van der Waals surface area contributed by atoms with Crippen molar-refractivity contribution in [3.8, 4) is 11.1 Å². The maximum absolute atomic E-state index is 13.9. The van der Waals surface area contributed by atoms with E-state index in [1.54, 1.807) is 0 Å². The molecule has 0 saturated heterocycles. The molecule has 0 fully saturated rings. The molecule has 3 aromatic rings. The molecule has 32 heavy (non-hydrogen) atoms. The summed E-state index contributed by atoms with van der Waals surface area (Å²) in [6, 6.07) is 14.6. The molecule has 4 rings (SSSR count). The lowest BCUT2D eigenvalue weighted by Crippen LogP contribution is -2.43. The van der Waals surface area contributed by atoms with E-state index in [1.165, 1.54) is 0 Å². The van der Waals surface area contributed by atoms with Crippen molar-refractivity contribution >= 4 is 12.1 Å². The van der Waals surface area contributed by atoms with Crippen molar-refractivity contribution in [3.63, 3.8) is 0 Å². The first kappa shape index (κ1) is 21.4. The van der Waals surface area contributed by atoms with Crippen molar-refractivity contribution in [1.29, 1.82) is 0 Å². The fourth-order valence-corrected chi connectivity index (χ4v) is 3.95. The summed E-state index contributed by atoms with van der Waals surface area (Å²) in [7, 11) is 0. The number of aliphatic carboxylic acids is 1. The van der Waals surface area contributed by atoms with E-state index in [1.807, 2.05) is 48.5 Å². The highest BCUT2D eigenvalue weighted by Crippen LogP contribution is 2.44. The summed E-state index contributed by atoms with van der Waals surface area (Å²) in [4.78, 5) is 23.8. The van der Waals surface area contributed by atoms with Crippen molar-refractivity contribution in [1.82, 2.24) is 5.32 Å². The minimum Gasteiger partial charge on any atom is -0.480 e. The van der Waals surface area contributed by atoms with Gasteiger partial charge in [0, 0.05) is 30.0 Å². The Morgan fingerprint density at radius 1 is 0.938 bits per heavy atom. The van der Waals surface area contributed by atoms with Gasteiger partial charge in [-0.15, -0.1) is 0 Å². The molecule has 1 aliphatic rings. The Labute approximate surface area is 181 Å². The summed E-state index contributed by atoms with van der Waals surface area (Å²) in [5.41, 5.74) is 3.38. The third kappa shape index (κ3) is 4.16. The predicted molar refractivity (Wildman–Crippen MR) is 110 cm³/mol. The van der Waals surface area contributed by atoms with Crippen LogP contribution in [0.25, 0.3) is 11.1 Å². The van der Waals surface area contributed by atoms with Gasteiger partial charge >= 0.3 is 12.1 Å². The Morgan fingerprint density at radius 2 is 1.47 bits per heavy atom. The number of nitrogens with one attached hydrogen (secondary N) is 1. The molecule has 5 nitrogen and oxygen atoms in total. The normalized spacial score (nSPS) is 13.2. The molecule has 1 atom stereocenters. The molecule has 0 saturated carbocycles. The molecule has 0 heterocycles. The van der Waals surface area contributed by atoms with Crippen molar-refractivity contribution in [2.24, 2.45) is 0 Å². The van der Waals surface area contributed by atoms with E-state index in [0.29, 0.717) is 12.1 Å². The highest BCUT2D eigenvalue weighted by molar-refractivity contribution is 5.81. The fraction of sp³-hybridized carbons (Fsp3) is 0.167. The number of halogens is 3. The largest absolute Gasteiger partial charge is 0.480 e. The maximum atomic E-state index is 13.9. The Hall–Kier alpha value is -3.81. The van der Waals surface area contributed by atoms with Crippen LogP contribution in [-0.4, -0.2) is 29.8 Å². The first-order chi connectivity index (χ1) is 15.3. The number of alkyl carbamates (subject to hydrolysis) is 1. The number of benzene rings is 3. The van der Waals surface area contributed by atoms with Crippen LogP contribution in [0.15, 0.2) is 60.7 Å². The van der Waals surface area contributed by atoms with Crippen molar-refractivity contribution in [3.05, 3.63) is 94.8 Å². The van der Waals surface area contributed by atoms with E-state index in [9.17, 15) is 27.9 Å². The minimum atomic E-state index is -1.67. The zero-order chi connectivity index (χ0) is 22.8. The topological polar surface area (TPSA) is 75.6 Å². The molecule has 0 unspecified atom stereocenters. The van der Waals surface area contributed by atoms with Crippen LogP contribution >= 0.6 is 0 Å². The first-order valence-electron chi connectivity index (χ1n) is 9.83. The summed E-state index contributed by atoms with van der Waals surface area (Å²) in [5, 5.41) is 11.5. The monoisotopic (exact) mass is 441 g/mol. The smallest absolute Gasteiger partial charge is 0.407 e. The number of ether oxygens (including phenoxy) is 1. The van der Waals surface area contributed by atoms with E-state index in [0.717, 1.165) is 22.3 Å². The summed E-state index contributed by atoms with van der Waals surface area (Å²) in [6.07, 6.45) is -1.75. The highest BCUT2D eigenvalue weighted by Gasteiger charge is 2.30. The number of fused-ring (bicyclic) bond motifs is 3. The van der Waals surface area contributed by atoms with Gasteiger partial charge in [0.2, 0.25) is 0 Å². The molecule has 1 aliphatic carbocycles. The summed E-state index contributed by atoms with van der Waals surface area (Å²) in [5.74, 6) is -5.34. The Morgan fingerprint density at radius 3 is 2.00 bits per heavy atom. The molecule has 1 amide bonds. The van der Waals surface area contributed by atoms with Gasteiger partial charge in [-0.1, -0.05) is 48.5 Å². The number of carbonyl (C=O) groups is 2. The number of hydrogen-bond acceptors (Lipinski definition) is 3. The minimum absolute atomic E-state index is 0.0501. The van der Waals surface area contributed by atoms with Gasteiger partial charge in [-0.2, -0.15) is 0 Å². The van der Waals surface area contributed by atoms with Crippen molar-refractivity contribution in [2.45, 2.75) is 18.4 Å². The molecule has 0 aliphatic heterocycles. The van der Waals surface area contributed by atoms with Crippen LogP contribution in [0.3, 0.4) is 0 Å². The summed E-state index contributed by atoms with van der Waals surface area (Å²) >= 11 is 0. The van der Waals surface area contributed by atoms with Crippen LogP contribution in [-0.2, 0) is 16.0 Å². The zero-order valence-corrected chi connectivity index (χ0v) is 16.6. The van der Waals surface area contributed by atoms with Crippen LogP contribution in [0.2, 0.25) is 0 Å². The highest BCUT2D eigenvalue weighted by atomic mass is 19.1. The van der Waals surface area contributed by atoms with Crippen molar-refractivity contribution < 1.29 is 32.6 Å². The number of amides is 1. The van der Waals surface area contributed by atoms with Gasteiger partial charge in [-0.05, 0) is 22.3 Å².